The number of rotatable bonds is 6. The van der Waals surface area contributed by atoms with E-state index in [-0.39, 0.29) is 11.3 Å². The molecule has 0 aliphatic rings. The van der Waals surface area contributed by atoms with Gasteiger partial charge in [-0.05, 0) is 30.7 Å². The van der Waals surface area contributed by atoms with Crippen LogP contribution in [0.25, 0.3) is 6.08 Å². The van der Waals surface area contributed by atoms with E-state index in [2.05, 4.69) is 5.32 Å². The van der Waals surface area contributed by atoms with Gasteiger partial charge < -0.3 is 10.1 Å². The van der Waals surface area contributed by atoms with Crippen LogP contribution in [0.15, 0.2) is 54.1 Å². The number of carbonyl (C=O) groups excluding carboxylic acids is 1. The minimum atomic E-state index is -0.673. The van der Waals surface area contributed by atoms with Crippen LogP contribution in [0.2, 0.25) is 0 Å². The smallest absolute Gasteiger partial charge is 0.266 e. The SMILES string of the molecule is CCCOc1ccccc1/C=C(\C#N)C(=O)Nc1ccccc1F. The van der Waals surface area contributed by atoms with Crippen molar-refractivity contribution in [1.82, 2.24) is 0 Å². The molecule has 0 spiro atoms. The molecule has 0 bridgehead atoms. The Labute approximate surface area is 140 Å². The lowest BCUT2D eigenvalue weighted by atomic mass is 10.1. The molecule has 1 amide bonds. The highest BCUT2D eigenvalue weighted by molar-refractivity contribution is 6.09. The van der Waals surface area contributed by atoms with Gasteiger partial charge in [-0.2, -0.15) is 5.26 Å². The molecule has 1 N–H and O–H groups in total. The van der Waals surface area contributed by atoms with Crippen LogP contribution in [-0.2, 0) is 4.79 Å². The zero-order valence-electron chi connectivity index (χ0n) is 13.3. The Morgan fingerprint density at radius 1 is 1.25 bits per heavy atom. The van der Waals surface area contributed by atoms with Gasteiger partial charge in [-0.25, -0.2) is 4.39 Å². The summed E-state index contributed by atoms with van der Waals surface area (Å²) in [6, 6.07) is 14.7. The Kier molecular flexibility index (Phi) is 6.09. The number of hydrogen-bond donors (Lipinski definition) is 1. The standard InChI is InChI=1S/C19H17FN2O2/c1-2-11-24-18-10-6-3-7-14(18)12-15(13-21)19(23)22-17-9-5-4-8-16(17)20/h3-10,12H,2,11H2,1H3,(H,22,23)/b15-12+. The van der Waals surface area contributed by atoms with Crippen LogP contribution >= 0.6 is 0 Å². The largest absolute Gasteiger partial charge is 0.493 e. The Morgan fingerprint density at radius 3 is 2.67 bits per heavy atom. The van der Waals surface area contributed by atoms with E-state index >= 15 is 0 Å². The summed E-state index contributed by atoms with van der Waals surface area (Å²) in [5.41, 5.74) is 0.510. The molecule has 0 unspecified atom stereocenters. The molecule has 24 heavy (non-hydrogen) atoms. The quantitative estimate of drug-likeness (QED) is 0.641. The molecule has 2 rings (SSSR count). The van der Waals surface area contributed by atoms with Crippen LogP contribution in [-0.4, -0.2) is 12.5 Å². The molecule has 0 aromatic heterocycles. The highest BCUT2D eigenvalue weighted by Gasteiger charge is 2.13. The van der Waals surface area contributed by atoms with Crippen molar-refractivity contribution in [3.63, 3.8) is 0 Å². The van der Waals surface area contributed by atoms with Crippen LogP contribution in [0, 0.1) is 17.1 Å². The van der Waals surface area contributed by atoms with Gasteiger partial charge >= 0.3 is 0 Å². The topological polar surface area (TPSA) is 62.1 Å². The molecule has 5 heteroatoms. The molecule has 4 nitrogen and oxygen atoms in total. The highest BCUT2D eigenvalue weighted by Crippen LogP contribution is 2.22. The van der Waals surface area contributed by atoms with E-state index in [1.54, 1.807) is 24.3 Å². The number of ether oxygens (including phenoxy) is 1. The van der Waals surface area contributed by atoms with E-state index in [0.717, 1.165) is 6.42 Å². The van der Waals surface area contributed by atoms with E-state index in [0.29, 0.717) is 17.9 Å². The minimum Gasteiger partial charge on any atom is -0.493 e. The number of nitrogens with zero attached hydrogens (tertiary/aromatic N) is 1. The fraction of sp³-hybridized carbons (Fsp3) is 0.158. The maximum Gasteiger partial charge on any atom is 0.266 e. The summed E-state index contributed by atoms with van der Waals surface area (Å²) >= 11 is 0. The third kappa shape index (κ3) is 4.43. The van der Waals surface area contributed by atoms with Gasteiger partial charge in [0.2, 0.25) is 0 Å². The van der Waals surface area contributed by atoms with Crippen LogP contribution < -0.4 is 10.1 Å². The third-order valence-electron chi connectivity index (χ3n) is 3.17. The van der Waals surface area contributed by atoms with E-state index < -0.39 is 11.7 Å². The number of nitrogens with one attached hydrogen (secondary N) is 1. The van der Waals surface area contributed by atoms with Crippen LogP contribution in [0.5, 0.6) is 5.75 Å². The van der Waals surface area contributed by atoms with Crippen LogP contribution in [0.1, 0.15) is 18.9 Å². The van der Waals surface area contributed by atoms with Gasteiger partial charge in [-0.15, -0.1) is 0 Å². The lowest BCUT2D eigenvalue weighted by molar-refractivity contribution is -0.112. The molecule has 0 aliphatic heterocycles. The molecule has 0 heterocycles. The van der Waals surface area contributed by atoms with Crippen molar-refractivity contribution in [3.8, 4) is 11.8 Å². The normalized spacial score (nSPS) is 10.8. The molecular formula is C19H17FN2O2. The van der Waals surface area contributed by atoms with E-state index in [1.807, 2.05) is 19.1 Å². The van der Waals surface area contributed by atoms with Gasteiger partial charge in [0.15, 0.2) is 0 Å². The monoisotopic (exact) mass is 324 g/mol. The van der Waals surface area contributed by atoms with Gasteiger partial charge in [0.25, 0.3) is 5.91 Å². The molecule has 0 saturated carbocycles. The van der Waals surface area contributed by atoms with Crippen molar-refractivity contribution in [2.75, 3.05) is 11.9 Å². The molecule has 2 aromatic carbocycles. The molecule has 0 fully saturated rings. The fourth-order valence-electron chi connectivity index (χ4n) is 2.00. The molecule has 122 valence electrons. The van der Waals surface area contributed by atoms with Gasteiger partial charge in [0.05, 0.1) is 12.3 Å². The van der Waals surface area contributed by atoms with Crippen LogP contribution in [0.3, 0.4) is 0 Å². The predicted octanol–water partition coefficient (Wildman–Crippen LogP) is 4.16. The van der Waals surface area contributed by atoms with Crippen molar-refractivity contribution in [2.24, 2.45) is 0 Å². The summed E-state index contributed by atoms with van der Waals surface area (Å²) in [4.78, 5) is 12.2. The number of carbonyl (C=O) groups is 1. The summed E-state index contributed by atoms with van der Waals surface area (Å²) in [5, 5.41) is 11.7. The highest BCUT2D eigenvalue weighted by atomic mass is 19.1. The van der Waals surface area contributed by atoms with Crippen molar-refractivity contribution in [1.29, 1.82) is 5.26 Å². The van der Waals surface area contributed by atoms with Crippen molar-refractivity contribution >= 4 is 17.7 Å². The zero-order chi connectivity index (χ0) is 17.4. The molecule has 0 aliphatic carbocycles. The van der Waals surface area contributed by atoms with Gasteiger partial charge in [-0.3, -0.25) is 4.79 Å². The van der Waals surface area contributed by atoms with Gasteiger partial charge in [0, 0.05) is 5.56 Å². The average Bonchev–Trinajstić information content (AvgIpc) is 2.60. The summed E-state index contributed by atoms with van der Waals surface area (Å²) in [6.07, 6.45) is 2.28. The average molecular weight is 324 g/mol. The van der Waals surface area contributed by atoms with Crippen molar-refractivity contribution in [2.45, 2.75) is 13.3 Å². The Bertz CT molecular complexity index is 794. The number of nitriles is 1. The molecular weight excluding hydrogens is 307 g/mol. The lowest BCUT2D eigenvalue weighted by Crippen LogP contribution is -2.14. The maximum atomic E-state index is 13.6. The Hall–Kier alpha value is -3.13. The Balaban J connectivity index is 2.25. The number of anilines is 1. The number of para-hydroxylation sites is 2. The lowest BCUT2D eigenvalue weighted by Gasteiger charge is -2.09. The molecule has 2 aromatic rings. The molecule has 0 radical (unpaired) electrons. The van der Waals surface area contributed by atoms with E-state index in [4.69, 9.17) is 4.74 Å². The first-order chi connectivity index (χ1) is 11.7. The van der Waals surface area contributed by atoms with Gasteiger partial charge in [0.1, 0.15) is 23.2 Å². The number of halogens is 1. The van der Waals surface area contributed by atoms with Gasteiger partial charge in [-0.1, -0.05) is 37.3 Å². The van der Waals surface area contributed by atoms with E-state index in [1.165, 1.54) is 24.3 Å². The maximum absolute atomic E-state index is 13.6. The molecule has 0 saturated heterocycles. The minimum absolute atomic E-state index is 0.0270. The van der Waals surface area contributed by atoms with Crippen molar-refractivity contribution < 1.29 is 13.9 Å². The fourth-order valence-corrected chi connectivity index (χ4v) is 2.00. The van der Waals surface area contributed by atoms with E-state index in [9.17, 15) is 14.4 Å². The molecule has 0 atom stereocenters. The Morgan fingerprint density at radius 2 is 1.96 bits per heavy atom. The van der Waals surface area contributed by atoms with Crippen LogP contribution in [0.4, 0.5) is 10.1 Å². The second-order valence-electron chi connectivity index (χ2n) is 4.99. The second-order valence-corrected chi connectivity index (χ2v) is 4.99. The summed E-state index contributed by atoms with van der Waals surface area (Å²) in [5.74, 6) is -0.645. The second kappa shape index (κ2) is 8.49. The zero-order valence-corrected chi connectivity index (χ0v) is 13.3. The third-order valence-corrected chi connectivity index (χ3v) is 3.17. The summed E-state index contributed by atoms with van der Waals surface area (Å²) in [7, 11) is 0. The van der Waals surface area contributed by atoms with Crippen molar-refractivity contribution in [3.05, 3.63) is 65.5 Å². The first-order valence-electron chi connectivity index (χ1n) is 7.55. The predicted molar refractivity (Wildman–Crippen MR) is 90.8 cm³/mol. The summed E-state index contributed by atoms with van der Waals surface area (Å²) < 4.78 is 19.2. The number of hydrogen-bond acceptors (Lipinski definition) is 3. The number of amides is 1. The first kappa shape index (κ1) is 17.2. The first-order valence-corrected chi connectivity index (χ1v) is 7.55. The number of benzene rings is 2. The summed E-state index contributed by atoms with van der Waals surface area (Å²) in [6.45, 7) is 2.52.